The second-order valence-electron chi connectivity index (χ2n) is 4.32. The molecule has 0 atom stereocenters. The number of hydrogen-bond acceptors (Lipinski definition) is 5. The second kappa shape index (κ2) is 7.70. The van der Waals surface area contributed by atoms with Crippen LogP contribution in [0.2, 0.25) is 0 Å². The van der Waals surface area contributed by atoms with Crippen molar-refractivity contribution in [3.63, 3.8) is 0 Å². The van der Waals surface area contributed by atoms with Gasteiger partial charge in [0.15, 0.2) is 0 Å². The van der Waals surface area contributed by atoms with E-state index in [1.54, 1.807) is 48.5 Å². The number of nitriles is 1. The molecule has 2 rings (SSSR count). The summed E-state index contributed by atoms with van der Waals surface area (Å²) in [6, 6.07) is 15.8. The number of esters is 1. The molecule has 0 N–H and O–H groups in total. The van der Waals surface area contributed by atoms with Crippen molar-refractivity contribution in [2.75, 3.05) is 20.3 Å². The molecule has 112 valence electrons. The van der Waals surface area contributed by atoms with Gasteiger partial charge >= 0.3 is 5.97 Å². The van der Waals surface area contributed by atoms with E-state index in [1.807, 2.05) is 0 Å². The molecule has 2 aromatic rings. The second-order valence-corrected chi connectivity index (χ2v) is 4.32. The lowest BCUT2D eigenvalue weighted by Gasteiger charge is -2.10. The molecule has 0 bridgehead atoms. The Labute approximate surface area is 128 Å². The van der Waals surface area contributed by atoms with Gasteiger partial charge in [0, 0.05) is 0 Å². The maximum atomic E-state index is 11.4. The third-order valence-corrected chi connectivity index (χ3v) is 2.87. The van der Waals surface area contributed by atoms with Crippen LogP contribution < -0.4 is 9.47 Å². The van der Waals surface area contributed by atoms with Gasteiger partial charge in [0.05, 0.1) is 18.2 Å². The number of para-hydroxylation sites is 1. The molecule has 0 spiro atoms. The van der Waals surface area contributed by atoms with Crippen LogP contribution in [0.5, 0.6) is 11.5 Å². The summed E-state index contributed by atoms with van der Waals surface area (Å²) in [6.07, 6.45) is 0. The number of carbonyl (C=O) groups is 1. The molecule has 0 saturated heterocycles. The van der Waals surface area contributed by atoms with E-state index in [0.717, 1.165) is 0 Å². The number of carbonyl (C=O) groups excluding carboxylic acids is 1. The lowest BCUT2D eigenvalue weighted by molar-refractivity contribution is 0.0600. The molecule has 0 saturated carbocycles. The fraction of sp³-hybridized carbons (Fsp3) is 0.176. The average molecular weight is 297 g/mol. The molecular weight excluding hydrogens is 282 g/mol. The van der Waals surface area contributed by atoms with Crippen molar-refractivity contribution in [3.8, 4) is 17.6 Å². The van der Waals surface area contributed by atoms with Crippen LogP contribution in [0.15, 0.2) is 48.5 Å². The fourth-order valence-electron chi connectivity index (χ4n) is 1.83. The van der Waals surface area contributed by atoms with Crippen LogP contribution in [0.1, 0.15) is 15.9 Å². The molecule has 0 fully saturated rings. The zero-order valence-electron chi connectivity index (χ0n) is 12.1. The molecule has 0 amide bonds. The molecule has 0 radical (unpaired) electrons. The summed E-state index contributed by atoms with van der Waals surface area (Å²) < 4.78 is 15.7. The predicted octanol–water partition coefficient (Wildman–Crippen LogP) is 2.80. The molecule has 0 heterocycles. The van der Waals surface area contributed by atoms with E-state index in [9.17, 15) is 4.79 Å². The van der Waals surface area contributed by atoms with Gasteiger partial charge in [-0.3, -0.25) is 0 Å². The van der Waals surface area contributed by atoms with Crippen molar-refractivity contribution in [2.24, 2.45) is 0 Å². The summed E-state index contributed by atoms with van der Waals surface area (Å²) in [7, 11) is 1.33. The van der Waals surface area contributed by atoms with Crippen molar-refractivity contribution in [1.29, 1.82) is 5.26 Å². The maximum Gasteiger partial charge on any atom is 0.337 e. The smallest absolute Gasteiger partial charge is 0.337 e. The quantitative estimate of drug-likeness (QED) is 0.606. The first-order chi connectivity index (χ1) is 10.7. The monoisotopic (exact) mass is 297 g/mol. The van der Waals surface area contributed by atoms with Crippen LogP contribution in [0.3, 0.4) is 0 Å². The largest absolute Gasteiger partial charge is 0.490 e. The van der Waals surface area contributed by atoms with Crippen LogP contribution in [0.4, 0.5) is 0 Å². The predicted molar refractivity (Wildman–Crippen MR) is 79.9 cm³/mol. The standard InChI is InChI=1S/C17H15NO4/c1-20-17(19)13-6-4-7-15(11-13)21-9-10-22-16-8-3-2-5-14(16)12-18/h2-8,11H,9-10H2,1H3. The highest BCUT2D eigenvalue weighted by Gasteiger charge is 2.06. The van der Waals surface area contributed by atoms with E-state index in [-0.39, 0.29) is 0 Å². The Morgan fingerprint density at radius 3 is 2.64 bits per heavy atom. The first-order valence-corrected chi connectivity index (χ1v) is 6.67. The summed E-state index contributed by atoms with van der Waals surface area (Å²) in [6.45, 7) is 0.589. The van der Waals surface area contributed by atoms with E-state index >= 15 is 0 Å². The Bertz CT molecular complexity index is 691. The van der Waals surface area contributed by atoms with Crippen molar-refractivity contribution in [3.05, 3.63) is 59.7 Å². The number of rotatable bonds is 6. The van der Waals surface area contributed by atoms with Crippen LogP contribution >= 0.6 is 0 Å². The summed E-state index contributed by atoms with van der Waals surface area (Å²) in [5, 5.41) is 8.95. The van der Waals surface area contributed by atoms with Crippen LogP contribution in [-0.4, -0.2) is 26.3 Å². The van der Waals surface area contributed by atoms with Gasteiger partial charge in [-0.2, -0.15) is 5.26 Å². The number of methoxy groups -OCH3 is 1. The summed E-state index contributed by atoms with van der Waals surface area (Å²) in [4.78, 5) is 11.4. The number of hydrogen-bond donors (Lipinski definition) is 0. The number of nitrogens with zero attached hydrogens (tertiary/aromatic N) is 1. The summed E-state index contributed by atoms with van der Waals surface area (Å²) in [5.74, 6) is 0.668. The molecule has 0 unspecified atom stereocenters. The first-order valence-electron chi connectivity index (χ1n) is 6.67. The normalized spacial score (nSPS) is 9.64. The summed E-state index contributed by atoms with van der Waals surface area (Å²) >= 11 is 0. The van der Waals surface area contributed by atoms with Gasteiger partial charge in [-0.05, 0) is 30.3 Å². The van der Waals surface area contributed by atoms with Crippen molar-refractivity contribution >= 4 is 5.97 Å². The average Bonchev–Trinajstić information content (AvgIpc) is 2.58. The minimum atomic E-state index is -0.412. The lowest BCUT2D eigenvalue weighted by atomic mass is 10.2. The molecule has 2 aromatic carbocycles. The molecule has 0 aromatic heterocycles. The molecule has 5 nitrogen and oxygen atoms in total. The van der Waals surface area contributed by atoms with Gasteiger partial charge in [0.25, 0.3) is 0 Å². The molecule has 22 heavy (non-hydrogen) atoms. The van der Waals surface area contributed by atoms with Crippen LogP contribution in [-0.2, 0) is 4.74 Å². The van der Waals surface area contributed by atoms with Gasteiger partial charge in [-0.25, -0.2) is 4.79 Å². The number of ether oxygens (including phenoxy) is 3. The lowest BCUT2D eigenvalue weighted by Crippen LogP contribution is -2.10. The highest BCUT2D eigenvalue weighted by molar-refractivity contribution is 5.89. The highest BCUT2D eigenvalue weighted by atomic mass is 16.5. The Kier molecular flexibility index (Phi) is 5.38. The SMILES string of the molecule is COC(=O)c1cccc(OCCOc2ccccc2C#N)c1. The highest BCUT2D eigenvalue weighted by Crippen LogP contribution is 2.17. The first kappa shape index (κ1) is 15.4. The van der Waals surface area contributed by atoms with Gasteiger partial charge in [0.1, 0.15) is 30.8 Å². The van der Waals surface area contributed by atoms with E-state index in [4.69, 9.17) is 14.7 Å². The molecule has 0 aliphatic carbocycles. The van der Waals surface area contributed by atoms with Crippen molar-refractivity contribution in [2.45, 2.75) is 0 Å². The van der Waals surface area contributed by atoms with Crippen LogP contribution in [0, 0.1) is 11.3 Å². The van der Waals surface area contributed by atoms with Gasteiger partial charge in [-0.15, -0.1) is 0 Å². The van der Waals surface area contributed by atoms with Crippen molar-refractivity contribution < 1.29 is 19.0 Å². The van der Waals surface area contributed by atoms with Crippen molar-refractivity contribution in [1.82, 2.24) is 0 Å². The van der Waals surface area contributed by atoms with Gasteiger partial charge < -0.3 is 14.2 Å². The Balaban J connectivity index is 1.87. The van der Waals surface area contributed by atoms with Crippen LogP contribution in [0.25, 0.3) is 0 Å². The minimum absolute atomic E-state index is 0.293. The Morgan fingerprint density at radius 2 is 1.86 bits per heavy atom. The Hall–Kier alpha value is -3.00. The van der Waals surface area contributed by atoms with Gasteiger partial charge in [0.2, 0.25) is 0 Å². The number of benzene rings is 2. The minimum Gasteiger partial charge on any atom is -0.490 e. The third-order valence-electron chi connectivity index (χ3n) is 2.87. The topological polar surface area (TPSA) is 68.6 Å². The van der Waals surface area contributed by atoms with E-state index in [2.05, 4.69) is 10.8 Å². The Morgan fingerprint density at radius 1 is 1.09 bits per heavy atom. The van der Waals surface area contributed by atoms with E-state index < -0.39 is 5.97 Å². The fourth-order valence-corrected chi connectivity index (χ4v) is 1.83. The molecule has 0 aliphatic heterocycles. The van der Waals surface area contributed by atoms with Gasteiger partial charge in [-0.1, -0.05) is 18.2 Å². The summed E-state index contributed by atoms with van der Waals surface area (Å²) in [5.41, 5.74) is 0.908. The molecule has 0 aliphatic rings. The zero-order chi connectivity index (χ0) is 15.8. The maximum absolute atomic E-state index is 11.4. The third kappa shape index (κ3) is 4.00. The zero-order valence-corrected chi connectivity index (χ0v) is 12.1. The van der Waals surface area contributed by atoms with E-state index in [0.29, 0.717) is 35.8 Å². The van der Waals surface area contributed by atoms with E-state index in [1.165, 1.54) is 7.11 Å². The molecular formula is C17H15NO4. The molecule has 5 heteroatoms.